The van der Waals surface area contributed by atoms with Gasteiger partial charge in [0.05, 0.1) is 10.9 Å². The first-order chi connectivity index (χ1) is 15.1. The Bertz CT molecular complexity index is 904. The fourth-order valence-electron chi connectivity index (χ4n) is 3.28. The van der Waals surface area contributed by atoms with Crippen molar-refractivity contribution in [2.45, 2.75) is 86.7 Å². The predicted octanol–water partition coefficient (Wildman–Crippen LogP) is 4.38. The molecule has 192 valence electrons. The van der Waals surface area contributed by atoms with Crippen LogP contribution in [-0.2, 0) is 28.6 Å². The number of β-lactam (4-membered cyclic amide) rings is 1. The lowest BCUT2D eigenvalue weighted by molar-refractivity contribution is -0.156. The minimum Gasteiger partial charge on any atom is -0.457 e. The van der Waals surface area contributed by atoms with Gasteiger partial charge in [0, 0.05) is 0 Å². The molecule has 2 saturated heterocycles. The maximum atomic E-state index is 13.2. The zero-order valence-corrected chi connectivity index (χ0v) is 23.3. The molecule has 2 unspecified atom stereocenters. The topological polar surface area (TPSA) is 102 Å². The van der Waals surface area contributed by atoms with Crippen LogP contribution in [0.5, 0.6) is 0 Å². The first-order valence-corrected chi connectivity index (χ1v) is 12.4. The summed E-state index contributed by atoms with van der Waals surface area (Å²) >= 11 is 18.2. The lowest BCUT2D eigenvalue weighted by Crippen LogP contribution is -2.67. The number of hydrogen-bond donors (Lipinski definition) is 0. The van der Waals surface area contributed by atoms with Crippen molar-refractivity contribution in [2.24, 2.45) is 0 Å². The Morgan fingerprint density at radius 2 is 1.56 bits per heavy atom. The number of fused-ring (bicyclic) bond motifs is 1. The summed E-state index contributed by atoms with van der Waals surface area (Å²) in [4.78, 5) is 53.0. The number of nitrogens with zero attached hydrogens (tertiary/aromatic N) is 2. The van der Waals surface area contributed by atoms with E-state index in [2.05, 4.69) is 0 Å². The number of carbonyl (C=O) groups is 4. The zero-order chi connectivity index (χ0) is 26.4. The van der Waals surface area contributed by atoms with Gasteiger partial charge in [-0.05, 0) is 55.4 Å². The number of alkyl halides is 3. The highest BCUT2D eigenvalue weighted by atomic mass is 35.6. The van der Waals surface area contributed by atoms with Gasteiger partial charge in [-0.3, -0.25) is 14.6 Å². The first-order valence-electron chi connectivity index (χ1n) is 10.3. The number of carbonyl (C=O) groups excluding carboxylic acids is 4. The van der Waals surface area contributed by atoms with Crippen LogP contribution in [0.2, 0.25) is 0 Å². The minimum atomic E-state index is -1.90. The zero-order valence-electron chi connectivity index (χ0n) is 20.2. The standard InChI is InChI=1S/C21H29Cl3N2O7S/c1-18(2,3)32-12(27)9-11(16(29)31-10-21(22,23)24)25-14(28)13-15(25)34-20(7,8)26(13)17(30)33-19(4,5)6/h9,13,15H,10H2,1-8H3. The quantitative estimate of drug-likeness (QED) is 0.164. The summed E-state index contributed by atoms with van der Waals surface area (Å²) in [5, 5.41) is -0.677. The monoisotopic (exact) mass is 558 g/mol. The second-order valence-electron chi connectivity index (χ2n) is 10.2. The van der Waals surface area contributed by atoms with Gasteiger partial charge in [-0.25, -0.2) is 14.4 Å². The largest absolute Gasteiger partial charge is 0.457 e. The summed E-state index contributed by atoms with van der Waals surface area (Å²) in [6, 6.07) is -0.905. The average molecular weight is 560 g/mol. The van der Waals surface area contributed by atoms with E-state index in [0.717, 1.165) is 11.0 Å². The van der Waals surface area contributed by atoms with Crippen molar-refractivity contribution < 1.29 is 33.4 Å². The number of amides is 2. The Hall–Kier alpha value is -1.36. The van der Waals surface area contributed by atoms with E-state index in [9.17, 15) is 19.2 Å². The Balaban J connectivity index is 2.38. The van der Waals surface area contributed by atoms with E-state index >= 15 is 0 Å². The summed E-state index contributed by atoms with van der Waals surface area (Å²) in [6.07, 6.45) is 0.200. The van der Waals surface area contributed by atoms with E-state index in [1.54, 1.807) is 55.4 Å². The number of likely N-dealkylation sites (tertiary alicyclic amines) is 1. The minimum absolute atomic E-state index is 0.385. The van der Waals surface area contributed by atoms with Crippen LogP contribution in [0.25, 0.3) is 0 Å². The Labute approximate surface area is 218 Å². The Kier molecular flexibility index (Phi) is 8.15. The molecule has 13 heteroatoms. The van der Waals surface area contributed by atoms with Crippen molar-refractivity contribution in [1.29, 1.82) is 0 Å². The summed E-state index contributed by atoms with van der Waals surface area (Å²) < 4.78 is 13.9. The van der Waals surface area contributed by atoms with Crippen molar-refractivity contribution in [3.8, 4) is 0 Å². The molecule has 2 fully saturated rings. The van der Waals surface area contributed by atoms with Gasteiger partial charge < -0.3 is 14.2 Å². The molecule has 0 saturated carbocycles. The summed E-state index contributed by atoms with van der Waals surface area (Å²) in [7, 11) is 0. The van der Waals surface area contributed by atoms with E-state index in [1.807, 2.05) is 0 Å². The van der Waals surface area contributed by atoms with Crippen molar-refractivity contribution in [3.63, 3.8) is 0 Å². The molecule has 34 heavy (non-hydrogen) atoms. The Morgan fingerprint density at radius 3 is 2.03 bits per heavy atom. The highest BCUT2D eigenvalue weighted by Crippen LogP contribution is 2.52. The van der Waals surface area contributed by atoms with Gasteiger partial charge >= 0.3 is 18.0 Å². The number of halogens is 3. The van der Waals surface area contributed by atoms with Gasteiger partial charge in [0.15, 0.2) is 0 Å². The summed E-state index contributed by atoms with van der Waals surface area (Å²) in [5.41, 5.74) is -2.01. The number of esters is 2. The maximum absolute atomic E-state index is 13.2. The predicted molar refractivity (Wildman–Crippen MR) is 129 cm³/mol. The molecule has 2 aliphatic rings. The molecule has 0 aromatic rings. The van der Waals surface area contributed by atoms with Crippen molar-refractivity contribution in [1.82, 2.24) is 9.80 Å². The highest BCUT2D eigenvalue weighted by molar-refractivity contribution is 8.01. The molecule has 2 aliphatic heterocycles. The van der Waals surface area contributed by atoms with Gasteiger partial charge in [-0.1, -0.05) is 34.8 Å². The van der Waals surface area contributed by atoms with Gasteiger partial charge in [-0.15, -0.1) is 11.8 Å². The van der Waals surface area contributed by atoms with Crippen LogP contribution in [0, 0.1) is 0 Å². The van der Waals surface area contributed by atoms with Crippen LogP contribution in [0.4, 0.5) is 4.79 Å². The fourth-order valence-corrected chi connectivity index (χ4v) is 5.03. The van der Waals surface area contributed by atoms with E-state index in [4.69, 9.17) is 49.0 Å². The molecule has 2 amide bonds. The third-order valence-corrected chi connectivity index (χ3v) is 6.18. The van der Waals surface area contributed by atoms with Crippen LogP contribution in [0.3, 0.4) is 0 Å². The summed E-state index contributed by atoms with van der Waals surface area (Å²) in [5.74, 6) is -2.51. The molecule has 0 aromatic carbocycles. The van der Waals surface area contributed by atoms with Crippen molar-refractivity contribution in [3.05, 3.63) is 11.8 Å². The Morgan fingerprint density at radius 1 is 1.03 bits per heavy atom. The van der Waals surface area contributed by atoms with Gasteiger partial charge in [0.2, 0.25) is 3.79 Å². The van der Waals surface area contributed by atoms with E-state index in [1.165, 1.54) is 16.7 Å². The average Bonchev–Trinajstić information content (AvgIpc) is 2.83. The molecular formula is C21H29Cl3N2O7S. The van der Waals surface area contributed by atoms with Crippen LogP contribution in [-0.4, -0.2) is 71.6 Å². The lowest BCUT2D eigenvalue weighted by Gasteiger charge is -2.45. The number of ether oxygens (including phenoxy) is 3. The van der Waals surface area contributed by atoms with Gasteiger partial charge in [-0.2, -0.15) is 0 Å². The molecule has 9 nitrogen and oxygen atoms in total. The molecule has 0 N–H and O–H groups in total. The molecule has 2 heterocycles. The molecule has 0 aliphatic carbocycles. The van der Waals surface area contributed by atoms with Crippen LogP contribution in [0.1, 0.15) is 55.4 Å². The van der Waals surface area contributed by atoms with Gasteiger partial charge in [0.25, 0.3) is 5.91 Å². The van der Waals surface area contributed by atoms with Crippen molar-refractivity contribution in [2.75, 3.05) is 6.61 Å². The fraction of sp³-hybridized carbons (Fsp3) is 0.714. The summed E-state index contributed by atoms with van der Waals surface area (Å²) in [6.45, 7) is 13.0. The van der Waals surface area contributed by atoms with Crippen LogP contribution >= 0.6 is 46.6 Å². The van der Waals surface area contributed by atoms with Crippen LogP contribution in [0.15, 0.2) is 11.8 Å². The molecular weight excluding hydrogens is 531 g/mol. The maximum Gasteiger partial charge on any atom is 0.412 e. The molecule has 2 atom stereocenters. The SMILES string of the molecule is CC(C)(C)OC(=O)C=C(C(=O)OCC(Cl)(Cl)Cl)N1C(=O)C2C1SC(C)(C)N2C(=O)OC(C)(C)C. The van der Waals surface area contributed by atoms with Gasteiger partial charge in [0.1, 0.15) is 34.9 Å². The second kappa shape index (κ2) is 9.59. The van der Waals surface area contributed by atoms with E-state index < -0.39 is 61.8 Å². The smallest absolute Gasteiger partial charge is 0.412 e. The normalized spacial score (nSPS) is 22.7. The van der Waals surface area contributed by atoms with Crippen molar-refractivity contribution >= 4 is 70.5 Å². The molecule has 0 aromatic heterocycles. The lowest BCUT2D eigenvalue weighted by atomic mass is 10.0. The van der Waals surface area contributed by atoms with Crippen LogP contribution < -0.4 is 0 Å². The van der Waals surface area contributed by atoms with E-state index in [-0.39, 0.29) is 5.70 Å². The second-order valence-corrected chi connectivity index (χ2v) is 14.4. The highest BCUT2D eigenvalue weighted by Gasteiger charge is 2.65. The molecule has 0 bridgehead atoms. The molecule has 2 rings (SSSR count). The number of thioether (sulfide) groups is 1. The van der Waals surface area contributed by atoms with E-state index in [0.29, 0.717) is 0 Å². The first kappa shape index (κ1) is 28.9. The number of rotatable bonds is 4. The molecule has 0 radical (unpaired) electrons. The third-order valence-electron chi connectivity index (χ3n) is 4.37. The number of hydrogen-bond acceptors (Lipinski definition) is 8. The third kappa shape index (κ3) is 7.08. The molecule has 0 spiro atoms.